The van der Waals surface area contributed by atoms with Gasteiger partial charge in [0.25, 0.3) is 0 Å². The summed E-state index contributed by atoms with van der Waals surface area (Å²) in [5.74, 6) is 0. The van der Waals surface area contributed by atoms with Gasteiger partial charge in [-0.2, -0.15) is 0 Å². The zero-order chi connectivity index (χ0) is 12.9. The zero-order valence-electron chi connectivity index (χ0n) is 11.2. The maximum atomic E-state index is 4.54. The number of benzene rings is 1. The Hall–Kier alpha value is -1.96. The van der Waals surface area contributed by atoms with E-state index >= 15 is 0 Å². The largest absolute Gasteiger partial charge is 0.258 e. The standard InChI is InChI=1S/C16H16N2/c1-9-7-15-13(11(3)17-9)5-6-14-12(4)18-10(2)8-16(14)15/h5-8H,1-4H3. The Morgan fingerprint density at radius 1 is 0.611 bits per heavy atom. The van der Waals surface area contributed by atoms with E-state index in [-0.39, 0.29) is 0 Å². The second-order valence-corrected chi connectivity index (χ2v) is 4.95. The third-order valence-electron chi connectivity index (χ3n) is 3.46. The lowest BCUT2D eigenvalue weighted by Crippen LogP contribution is -1.92. The van der Waals surface area contributed by atoms with E-state index in [0.29, 0.717) is 0 Å². The fraction of sp³-hybridized carbons (Fsp3) is 0.250. The van der Waals surface area contributed by atoms with Crippen molar-refractivity contribution in [3.63, 3.8) is 0 Å². The van der Waals surface area contributed by atoms with Gasteiger partial charge >= 0.3 is 0 Å². The maximum Gasteiger partial charge on any atom is 0.0454 e. The first kappa shape index (κ1) is 11.1. The van der Waals surface area contributed by atoms with Crippen LogP contribution in [0.2, 0.25) is 0 Å². The Morgan fingerprint density at radius 3 is 1.39 bits per heavy atom. The maximum absolute atomic E-state index is 4.54. The number of aryl methyl sites for hydroxylation is 4. The highest BCUT2D eigenvalue weighted by Gasteiger charge is 2.07. The van der Waals surface area contributed by atoms with Gasteiger partial charge < -0.3 is 0 Å². The SMILES string of the molecule is Cc1cc2c(ccc3c(C)nc(C)cc32)c(C)n1. The molecule has 2 nitrogen and oxygen atoms in total. The van der Waals surface area contributed by atoms with E-state index < -0.39 is 0 Å². The minimum atomic E-state index is 1.07. The van der Waals surface area contributed by atoms with Gasteiger partial charge in [0.15, 0.2) is 0 Å². The average Bonchev–Trinajstić information content (AvgIpc) is 2.28. The van der Waals surface area contributed by atoms with Crippen molar-refractivity contribution in [1.82, 2.24) is 9.97 Å². The molecule has 0 bridgehead atoms. The predicted octanol–water partition coefficient (Wildman–Crippen LogP) is 4.02. The van der Waals surface area contributed by atoms with Crippen LogP contribution in [0.4, 0.5) is 0 Å². The second kappa shape index (κ2) is 3.77. The van der Waals surface area contributed by atoms with Crippen LogP contribution in [0.1, 0.15) is 22.8 Å². The van der Waals surface area contributed by atoms with Crippen LogP contribution >= 0.6 is 0 Å². The van der Waals surface area contributed by atoms with E-state index in [1.807, 2.05) is 13.8 Å². The Labute approximate surface area is 107 Å². The van der Waals surface area contributed by atoms with Crippen LogP contribution in [-0.4, -0.2) is 9.97 Å². The molecule has 18 heavy (non-hydrogen) atoms. The topological polar surface area (TPSA) is 25.8 Å². The highest BCUT2D eigenvalue weighted by molar-refractivity contribution is 6.08. The fourth-order valence-electron chi connectivity index (χ4n) is 2.71. The van der Waals surface area contributed by atoms with Gasteiger partial charge in [0, 0.05) is 33.5 Å². The van der Waals surface area contributed by atoms with E-state index in [2.05, 4.69) is 48.1 Å². The van der Waals surface area contributed by atoms with Gasteiger partial charge in [0.1, 0.15) is 0 Å². The summed E-state index contributed by atoms with van der Waals surface area (Å²) in [6, 6.07) is 8.65. The Balaban J connectivity index is 2.60. The summed E-state index contributed by atoms with van der Waals surface area (Å²) in [5, 5.41) is 5.04. The molecule has 0 radical (unpaired) electrons. The van der Waals surface area contributed by atoms with Gasteiger partial charge in [-0.25, -0.2) is 0 Å². The number of pyridine rings is 2. The summed E-state index contributed by atoms with van der Waals surface area (Å²) in [5.41, 5.74) is 4.33. The molecule has 0 N–H and O–H groups in total. The molecular formula is C16H16N2. The third kappa shape index (κ3) is 1.57. The molecule has 2 heterocycles. The molecule has 0 aliphatic carbocycles. The van der Waals surface area contributed by atoms with Gasteiger partial charge in [-0.05, 0) is 50.6 Å². The van der Waals surface area contributed by atoms with Gasteiger partial charge in [-0.1, -0.05) is 12.1 Å². The van der Waals surface area contributed by atoms with E-state index in [0.717, 1.165) is 22.8 Å². The highest BCUT2D eigenvalue weighted by Crippen LogP contribution is 2.29. The smallest absolute Gasteiger partial charge is 0.0454 e. The van der Waals surface area contributed by atoms with Gasteiger partial charge in [-0.3, -0.25) is 9.97 Å². The van der Waals surface area contributed by atoms with E-state index in [1.165, 1.54) is 21.5 Å². The molecule has 0 spiro atoms. The van der Waals surface area contributed by atoms with Crippen LogP contribution in [0.3, 0.4) is 0 Å². The first-order valence-electron chi connectivity index (χ1n) is 6.21. The van der Waals surface area contributed by atoms with Crippen molar-refractivity contribution in [1.29, 1.82) is 0 Å². The summed E-state index contributed by atoms with van der Waals surface area (Å²) < 4.78 is 0. The second-order valence-electron chi connectivity index (χ2n) is 4.95. The van der Waals surface area contributed by atoms with Crippen LogP contribution in [0.25, 0.3) is 21.5 Å². The molecule has 0 aliphatic rings. The summed E-state index contributed by atoms with van der Waals surface area (Å²) in [4.78, 5) is 9.08. The van der Waals surface area contributed by atoms with Crippen molar-refractivity contribution in [2.75, 3.05) is 0 Å². The lowest BCUT2D eigenvalue weighted by molar-refractivity contribution is 1.14. The van der Waals surface area contributed by atoms with Crippen LogP contribution in [0.5, 0.6) is 0 Å². The minimum absolute atomic E-state index is 1.07. The molecule has 2 aromatic heterocycles. The molecule has 3 aromatic rings. The number of aromatic nitrogens is 2. The lowest BCUT2D eigenvalue weighted by atomic mass is 10.00. The molecule has 0 fully saturated rings. The van der Waals surface area contributed by atoms with Crippen molar-refractivity contribution < 1.29 is 0 Å². The molecule has 90 valence electrons. The van der Waals surface area contributed by atoms with Crippen LogP contribution in [-0.2, 0) is 0 Å². The Morgan fingerprint density at radius 2 is 1.00 bits per heavy atom. The summed E-state index contributed by atoms with van der Waals surface area (Å²) in [7, 11) is 0. The Kier molecular flexibility index (Phi) is 2.34. The van der Waals surface area contributed by atoms with Crippen molar-refractivity contribution in [2.24, 2.45) is 0 Å². The minimum Gasteiger partial charge on any atom is -0.258 e. The summed E-state index contributed by atoms with van der Waals surface area (Å²) in [6.07, 6.45) is 0. The van der Waals surface area contributed by atoms with Crippen LogP contribution < -0.4 is 0 Å². The van der Waals surface area contributed by atoms with Gasteiger partial charge in [-0.15, -0.1) is 0 Å². The first-order chi connectivity index (χ1) is 8.56. The first-order valence-corrected chi connectivity index (χ1v) is 6.21. The van der Waals surface area contributed by atoms with Gasteiger partial charge in [0.05, 0.1) is 0 Å². The quantitative estimate of drug-likeness (QED) is 0.551. The van der Waals surface area contributed by atoms with Crippen molar-refractivity contribution in [3.8, 4) is 0 Å². The molecule has 1 aromatic carbocycles. The molecule has 0 amide bonds. The van der Waals surface area contributed by atoms with Gasteiger partial charge in [0.2, 0.25) is 0 Å². The zero-order valence-corrected chi connectivity index (χ0v) is 11.2. The molecule has 0 aliphatic heterocycles. The molecular weight excluding hydrogens is 220 g/mol. The molecule has 0 atom stereocenters. The van der Waals surface area contributed by atoms with Crippen molar-refractivity contribution in [2.45, 2.75) is 27.7 Å². The van der Waals surface area contributed by atoms with Crippen molar-refractivity contribution in [3.05, 3.63) is 47.0 Å². The molecule has 0 saturated carbocycles. The van der Waals surface area contributed by atoms with E-state index in [4.69, 9.17) is 0 Å². The van der Waals surface area contributed by atoms with E-state index in [1.54, 1.807) is 0 Å². The normalized spacial score (nSPS) is 11.3. The predicted molar refractivity (Wildman–Crippen MR) is 76.0 cm³/mol. The van der Waals surface area contributed by atoms with E-state index in [9.17, 15) is 0 Å². The average molecular weight is 236 g/mol. The fourth-order valence-corrected chi connectivity index (χ4v) is 2.71. The monoisotopic (exact) mass is 236 g/mol. The molecule has 0 saturated heterocycles. The third-order valence-corrected chi connectivity index (χ3v) is 3.46. The number of fused-ring (bicyclic) bond motifs is 3. The molecule has 3 rings (SSSR count). The number of nitrogens with zero attached hydrogens (tertiary/aromatic N) is 2. The number of hydrogen-bond donors (Lipinski definition) is 0. The lowest BCUT2D eigenvalue weighted by Gasteiger charge is -2.09. The number of rotatable bonds is 0. The summed E-state index contributed by atoms with van der Waals surface area (Å²) >= 11 is 0. The molecule has 0 unspecified atom stereocenters. The summed E-state index contributed by atoms with van der Waals surface area (Å²) in [6.45, 7) is 8.24. The van der Waals surface area contributed by atoms with Crippen molar-refractivity contribution >= 4 is 21.5 Å². The number of hydrogen-bond acceptors (Lipinski definition) is 2. The van der Waals surface area contributed by atoms with Crippen LogP contribution in [0.15, 0.2) is 24.3 Å². The van der Waals surface area contributed by atoms with Crippen LogP contribution in [0, 0.1) is 27.7 Å². The Bertz CT molecular complexity index is 706. The molecule has 2 heteroatoms. The highest BCUT2D eigenvalue weighted by atomic mass is 14.7.